The van der Waals surface area contributed by atoms with Crippen LogP contribution >= 0.6 is 22.9 Å². The molecular weight excluding hydrogens is 316 g/mol. The molecule has 1 N–H and O–H groups in total. The lowest BCUT2D eigenvalue weighted by molar-refractivity contribution is 0.581. The number of hydrogen-bond acceptors (Lipinski definition) is 4. The van der Waals surface area contributed by atoms with E-state index >= 15 is 0 Å². The van der Waals surface area contributed by atoms with Crippen molar-refractivity contribution in [3.63, 3.8) is 0 Å². The highest BCUT2D eigenvalue weighted by atomic mass is 35.5. The number of nitrogens with one attached hydrogen (secondary N) is 1. The quantitative estimate of drug-likeness (QED) is 0.938. The van der Waals surface area contributed by atoms with Crippen LogP contribution in [-0.2, 0) is 16.6 Å². The Balaban J connectivity index is 2.23. The predicted molar refractivity (Wildman–Crippen MR) is 79.2 cm³/mol. The van der Waals surface area contributed by atoms with Crippen LogP contribution in [0.25, 0.3) is 0 Å². The molecule has 0 atom stereocenters. The van der Waals surface area contributed by atoms with Crippen molar-refractivity contribution in [2.45, 2.75) is 18.4 Å². The highest BCUT2D eigenvalue weighted by molar-refractivity contribution is 7.89. The molecule has 0 unspecified atom stereocenters. The average molecular weight is 327 g/mol. The normalized spacial score (nSPS) is 11.2. The molecule has 20 heavy (non-hydrogen) atoms. The van der Waals surface area contributed by atoms with E-state index < -0.39 is 10.0 Å². The number of sulfonamides is 1. The van der Waals surface area contributed by atoms with Gasteiger partial charge in [0.2, 0.25) is 10.0 Å². The van der Waals surface area contributed by atoms with Gasteiger partial charge in [-0.3, -0.25) is 0 Å². The molecule has 0 saturated carbocycles. The lowest BCUT2D eigenvalue weighted by atomic mass is 10.2. The van der Waals surface area contributed by atoms with Crippen molar-refractivity contribution in [1.29, 1.82) is 5.26 Å². The van der Waals surface area contributed by atoms with E-state index in [2.05, 4.69) is 4.72 Å². The molecule has 0 fully saturated rings. The molecule has 2 aromatic rings. The maximum atomic E-state index is 12.2. The van der Waals surface area contributed by atoms with E-state index in [1.54, 1.807) is 0 Å². The second kappa shape index (κ2) is 5.94. The Morgan fingerprint density at radius 3 is 2.70 bits per heavy atom. The summed E-state index contributed by atoms with van der Waals surface area (Å²) in [5.74, 6) is 0. The Morgan fingerprint density at radius 2 is 2.15 bits per heavy atom. The van der Waals surface area contributed by atoms with Crippen molar-refractivity contribution in [3.05, 3.63) is 50.7 Å². The Kier molecular flexibility index (Phi) is 4.45. The summed E-state index contributed by atoms with van der Waals surface area (Å²) in [6, 6.07) is 6.01. The van der Waals surface area contributed by atoms with Crippen molar-refractivity contribution in [2.24, 2.45) is 0 Å². The molecule has 0 radical (unpaired) electrons. The molecule has 0 bridgehead atoms. The largest absolute Gasteiger partial charge is 0.242 e. The van der Waals surface area contributed by atoms with Gasteiger partial charge in [0, 0.05) is 6.54 Å². The molecule has 1 aromatic heterocycles. The highest BCUT2D eigenvalue weighted by Crippen LogP contribution is 2.23. The third-order valence-corrected chi connectivity index (χ3v) is 5.56. The number of aryl methyl sites for hydroxylation is 1. The molecule has 4 nitrogen and oxygen atoms in total. The number of nitrogens with zero attached hydrogens (tertiary/aromatic N) is 1. The van der Waals surface area contributed by atoms with Gasteiger partial charge < -0.3 is 0 Å². The average Bonchev–Trinajstić information content (AvgIpc) is 2.81. The Labute approximate surface area is 126 Å². The van der Waals surface area contributed by atoms with Gasteiger partial charge in [-0.25, -0.2) is 13.1 Å². The van der Waals surface area contributed by atoms with Crippen molar-refractivity contribution >= 4 is 33.0 Å². The topological polar surface area (TPSA) is 70.0 Å². The summed E-state index contributed by atoms with van der Waals surface area (Å²) in [5, 5.41) is 12.6. The van der Waals surface area contributed by atoms with Crippen LogP contribution in [0.15, 0.2) is 33.9 Å². The Bertz CT molecular complexity index is 776. The fraction of sp³-hybridized carbons (Fsp3) is 0.154. The number of halogens is 1. The van der Waals surface area contributed by atoms with Gasteiger partial charge in [-0.1, -0.05) is 11.6 Å². The Morgan fingerprint density at radius 1 is 1.40 bits per heavy atom. The second-order valence-electron chi connectivity index (χ2n) is 4.16. The van der Waals surface area contributed by atoms with Crippen LogP contribution in [-0.4, -0.2) is 8.42 Å². The van der Waals surface area contributed by atoms with Crippen molar-refractivity contribution < 1.29 is 8.42 Å². The van der Waals surface area contributed by atoms with E-state index in [9.17, 15) is 8.42 Å². The van der Waals surface area contributed by atoms with E-state index in [-0.39, 0.29) is 16.5 Å². The molecular formula is C13H11ClN2O2S2. The second-order valence-corrected chi connectivity index (χ2v) is 7.05. The van der Waals surface area contributed by atoms with Gasteiger partial charge in [-0.15, -0.1) is 0 Å². The number of thiophene rings is 1. The summed E-state index contributed by atoms with van der Waals surface area (Å²) in [7, 11) is -3.70. The van der Waals surface area contributed by atoms with Crippen LogP contribution in [0.5, 0.6) is 0 Å². The molecule has 0 amide bonds. The summed E-state index contributed by atoms with van der Waals surface area (Å²) in [6.45, 7) is 2.14. The van der Waals surface area contributed by atoms with Crippen molar-refractivity contribution in [2.75, 3.05) is 0 Å². The molecule has 0 aliphatic heterocycles. The van der Waals surface area contributed by atoms with Crippen LogP contribution in [0, 0.1) is 18.3 Å². The fourth-order valence-electron chi connectivity index (χ4n) is 1.61. The third-order valence-electron chi connectivity index (χ3n) is 2.76. The van der Waals surface area contributed by atoms with Gasteiger partial charge in [0.1, 0.15) is 4.90 Å². The monoisotopic (exact) mass is 326 g/mol. The maximum absolute atomic E-state index is 12.2. The summed E-state index contributed by atoms with van der Waals surface area (Å²) >= 11 is 7.44. The van der Waals surface area contributed by atoms with Crippen molar-refractivity contribution in [1.82, 2.24) is 4.72 Å². The van der Waals surface area contributed by atoms with Crippen LogP contribution in [0.3, 0.4) is 0 Å². The predicted octanol–water partition coefficient (Wildman–Crippen LogP) is 3.06. The molecule has 104 valence electrons. The maximum Gasteiger partial charge on any atom is 0.242 e. The van der Waals surface area contributed by atoms with E-state index in [0.717, 1.165) is 11.1 Å². The molecule has 2 rings (SSSR count). The summed E-state index contributed by atoms with van der Waals surface area (Å²) < 4.78 is 26.9. The number of benzene rings is 1. The first-order valence-corrected chi connectivity index (χ1v) is 8.45. The van der Waals surface area contributed by atoms with E-state index in [0.29, 0.717) is 5.56 Å². The minimum Gasteiger partial charge on any atom is -0.207 e. The third kappa shape index (κ3) is 3.19. The zero-order valence-corrected chi connectivity index (χ0v) is 12.9. The number of hydrogen-bond donors (Lipinski definition) is 1. The van der Waals surface area contributed by atoms with Crippen molar-refractivity contribution in [3.8, 4) is 6.07 Å². The first-order chi connectivity index (χ1) is 9.44. The first-order valence-electron chi connectivity index (χ1n) is 5.65. The lowest BCUT2D eigenvalue weighted by Crippen LogP contribution is -2.23. The van der Waals surface area contributed by atoms with E-state index in [1.165, 1.54) is 29.5 Å². The number of rotatable bonds is 4. The minimum atomic E-state index is -3.70. The van der Waals surface area contributed by atoms with Gasteiger partial charge in [0.25, 0.3) is 0 Å². The van der Waals surface area contributed by atoms with Crippen LogP contribution in [0.2, 0.25) is 5.02 Å². The van der Waals surface area contributed by atoms with E-state index in [1.807, 2.05) is 23.8 Å². The van der Waals surface area contributed by atoms with Gasteiger partial charge in [-0.2, -0.15) is 16.6 Å². The fourth-order valence-corrected chi connectivity index (χ4v) is 4.01. The SMILES string of the molecule is Cc1cscc1CNS(=O)(=O)c1ccc(C#N)cc1Cl. The summed E-state index contributed by atoms with van der Waals surface area (Å²) in [6.07, 6.45) is 0. The standard InChI is InChI=1S/C13H11ClN2O2S2/c1-9-7-19-8-11(9)6-16-20(17,18)13-3-2-10(5-15)4-12(13)14/h2-4,7-8,16H,6H2,1H3. The smallest absolute Gasteiger partial charge is 0.207 e. The zero-order chi connectivity index (χ0) is 14.8. The molecule has 1 heterocycles. The lowest BCUT2D eigenvalue weighted by Gasteiger charge is -2.08. The van der Waals surface area contributed by atoms with Crippen LogP contribution in [0.1, 0.15) is 16.7 Å². The molecule has 0 aliphatic rings. The van der Waals surface area contributed by atoms with E-state index in [4.69, 9.17) is 16.9 Å². The molecule has 0 saturated heterocycles. The molecule has 0 spiro atoms. The van der Waals surface area contributed by atoms with Gasteiger partial charge in [0.05, 0.1) is 16.7 Å². The Hall–Kier alpha value is -1.39. The van der Waals surface area contributed by atoms with Gasteiger partial charge in [-0.05, 0) is 47.0 Å². The van der Waals surface area contributed by atoms with Gasteiger partial charge in [0.15, 0.2) is 0 Å². The first kappa shape index (κ1) is 15.0. The van der Waals surface area contributed by atoms with Crippen LogP contribution < -0.4 is 4.72 Å². The molecule has 7 heteroatoms. The van der Waals surface area contributed by atoms with Gasteiger partial charge >= 0.3 is 0 Å². The highest BCUT2D eigenvalue weighted by Gasteiger charge is 2.18. The molecule has 0 aliphatic carbocycles. The molecule has 1 aromatic carbocycles. The summed E-state index contributed by atoms with van der Waals surface area (Å²) in [4.78, 5) is -0.0222. The minimum absolute atomic E-state index is 0.0222. The van der Waals surface area contributed by atoms with Crippen LogP contribution in [0.4, 0.5) is 0 Å². The summed E-state index contributed by atoms with van der Waals surface area (Å²) in [5.41, 5.74) is 2.30. The number of nitriles is 1. The zero-order valence-electron chi connectivity index (χ0n) is 10.6.